The average Bonchev–Trinajstić information content (AvgIpc) is 2.90. The number of nitrogens with one attached hydrogen (secondary N) is 1. The third-order valence-electron chi connectivity index (χ3n) is 2.95. The third kappa shape index (κ3) is 3.06. The smallest absolute Gasteiger partial charge is 0.233 e. The minimum absolute atomic E-state index is 0.0909. The van der Waals surface area contributed by atoms with Crippen LogP contribution in [0.5, 0.6) is 5.75 Å². The van der Waals surface area contributed by atoms with Crippen molar-refractivity contribution in [2.75, 3.05) is 5.32 Å². The molecule has 1 amide bonds. The van der Waals surface area contributed by atoms with Gasteiger partial charge in [0.05, 0.1) is 5.69 Å². The van der Waals surface area contributed by atoms with E-state index in [-0.39, 0.29) is 18.2 Å². The number of fused-ring (bicyclic) bond motifs is 1. The van der Waals surface area contributed by atoms with Crippen molar-refractivity contribution in [3.05, 3.63) is 54.2 Å². The van der Waals surface area contributed by atoms with Crippen LogP contribution < -0.4 is 10.1 Å². The first-order valence-corrected chi connectivity index (χ1v) is 6.66. The van der Waals surface area contributed by atoms with Gasteiger partial charge >= 0.3 is 0 Å². The van der Waals surface area contributed by atoms with Gasteiger partial charge in [-0.15, -0.1) is 0 Å². The van der Waals surface area contributed by atoms with Crippen molar-refractivity contribution in [2.24, 2.45) is 0 Å². The molecule has 5 nitrogen and oxygen atoms in total. The highest BCUT2D eigenvalue weighted by atomic mass is 19.1. The van der Waals surface area contributed by atoms with Crippen molar-refractivity contribution in [1.82, 2.24) is 4.98 Å². The molecular weight excluding hydrogens is 287 g/mol. The lowest BCUT2D eigenvalue weighted by atomic mass is 10.3. The highest BCUT2D eigenvalue weighted by Gasteiger charge is 2.08. The molecule has 1 heterocycles. The minimum atomic E-state index is -0.565. The molecule has 0 atom stereocenters. The molecule has 0 aliphatic carbocycles. The molecule has 22 heavy (non-hydrogen) atoms. The van der Waals surface area contributed by atoms with Crippen molar-refractivity contribution in [3.63, 3.8) is 0 Å². The summed E-state index contributed by atoms with van der Waals surface area (Å²) < 4.78 is 24.7. The number of rotatable bonds is 4. The van der Waals surface area contributed by atoms with Crippen LogP contribution in [0.4, 0.5) is 10.1 Å². The Bertz CT molecular complexity index is 796. The van der Waals surface area contributed by atoms with Crippen LogP contribution in [0.2, 0.25) is 0 Å². The van der Waals surface area contributed by atoms with Crippen LogP contribution in [0, 0.1) is 5.82 Å². The molecule has 1 aromatic heterocycles. The fourth-order valence-corrected chi connectivity index (χ4v) is 2.00. The number of benzene rings is 2. The van der Waals surface area contributed by atoms with Crippen LogP contribution in [0.1, 0.15) is 12.8 Å². The fourth-order valence-electron chi connectivity index (χ4n) is 2.00. The van der Waals surface area contributed by atoms with Crippen LogP contribution in [-0.2, 0) is 11.4 Å². The Morgan fingerprint density at radius 2 is 2.14 bits per heavy atom. The van der Waals surface area contributed by atoms with Gasteiger partial charge in [0.1, 0.15) is 17.1 Å². The van der Waals surface area contributed by atoms with Crippen molar-refractivity contribution in [2.45, 2.75) is 13.5 Å². The number of hydrogen-bond acceptors (Lipinski definition) is 4. The molecule has 112 valence electrons. The topological polar surface area (TPSA) is 64.4 Å². The highest BCUT2D eigenvalue weighted by Crippen LogP contribution is 2.22. The standard InChI is InChI=1S/C16H13FN2O3/c1-10(20)18-13-7-6-11(8-12(13)17)21-9-16-19-14-4-2-3-5-15(14)22-16/h2-8H,9H2,1H3,(H,18,20). The maximum Gasteiger partial charge on any atom is 0.233 e. The zero-order valence-corrected chi connectivity index (χ0v) is 11.8. The Labute approximate surface area is 125 Å². The Balaban J connectivity index is 1.70. The van der Waals surface area contributed by atoms with E-state index in [1.54, 1.807) is 6.07 Å². The number of amides is 1. The number of ether oxygens (including phenoxy) is 1. The Hall–Kier alpha value is -2.89. The van der Waals surface area contributed by atoms with E-state index in [1.165, 1.54) is 19.1 Å². The van der Waals surface area contributed by atoms with Gasteiger partial charge in [0.2, 0.25) is 11.8 Å². The third-order valence-corrected chi connectivity index (χ3v) is 2.95. The fraction of sp³-hybridized carbons (Fsp3) is 0.125. The number of nitrogens with zero attached hydrogens (tertiary/aromatic N) is 1. The first-order valence-electron chi connectivity index (χ1n) is 6.66. The second-order valence-corrected chi connectivity index (χ2v) is 4.69. The second-order valence-electron chi connectivity index (χ2n) is 4.69. The zero-order valence-electron chi connectivity index (χ0n) is 11.8. The predicted molar refractivity (Wildman–Crippen MR) is 79.0 cm³/mol. The monoisotopic (exact) mass is 300 g/mol. The van der Waals surface area contributed by atoms with E-state index >= 15 is 0 Å². The Kier molecular flexibility index (Phi) is 3.74. The summed E-state index contributed by atoms with van der Waals surface area (Å²) in [5.74, 6) is -0.161. The van der Waals surface area contributed by atoms with Gasteiger partial charge in [-0.05, 0) is 24.3 Å². The van der Waals surface area contributed by atoms with E-state index in [0.717, 1.165) is 5.52 Å². The maximum absolute atomic E-state index is 13.8. The van der Waals surface area contributed by atoms with E-state index in [4.69, 9.17) is 9.15 Å². The molecule has 0 fully saturated rings. The van der Waals surface area contributed by atoms with Crippen molar-refractivity contribution >= 4 is 22.7 Å². The maximum atomic E-state index is 13.8. The Morgan fingerprint density at radius 3 is 2.86 bits per heavy atom. The number of para-hydroxylation sites is 2. The minimum Gasteiger partial charge on any atom is -0.484 e. The van der Waals surface area contributed by atoms with E-state index < -0.39 is 5.82 Å². The molecule has 2 aromatic carbocycles. The number of halogens is 1. The number of carbonyl (C=O) groups is 1. The summed E-state index contributed by atoms with van der Waals surface area (Å²) in [7, 11) is 0. The largest absolute Gasteiger partial charge is 0.484 e. The molecule has 6 heteroatoms. The highest BCUT2D eigenvalue weighted by molar-refractivity contribution is 5.88. The molecule has 0 bridgehead atoms. The van der Waals surface area contributed by atoms with Gasteiger partial charge in [-0.1, -0.05) is 12.1 Å². The first kappa shape index (κ1) is 14.1. The molecule has 3 aromatic rings. The molecule has 0 saturated carbocycles. The molecular formula is C16H13FN2O3. The van der Waals surface area contributed by atoms with Crippen LogP contribution in [0.25, 0.3) is 11.1 Å². The molecule has 0 unspecified atom stereocenters. The van der Waals surface area contributed by atoms with E-state index in [2.05, 4.69) is 10.3 Å². The summed E-state index contributed by atoms with van der Waals surface area (Å²) in [6.07, 6.45) is 0. The van der Waals surface area contributed by atoms with Gasteiger partial charge in [-0.25, -0.2) is 9.37 Å². The first-order chi connectivity index (χ1) is 10.6. The van der Waals surface area contributed by atoms with E-state index in [0.29, 0.717) is 17.2 Å². The van der Waals surface area contributed by atoms with Crippen LogP contribution in [-0.4, -0.2) is 10.9 Å². The van der Waals surface area contributed by atoms with Crippen molar-refractivity contribution in [3.8, 4) is 5.75 Å². The lowest BCUT2D eigenvalue weighted by molar-refractivity contribution is -0.114. The van der Waals surface area contributed by atoms with Gasteiger partial charge in [0.25, 0.3) is 0 Å². The van der Waals surface area contributed by atoms with E-state index in [9.17, 15) is 9.18 Å². The lowest BCUT2D eigenvalue weighted by Crippen LogP contribution is -2.07. The summed E-state index contributed by atoms with van der Waals surface area (Å²) in [4.78, 5) is 15.2. The molecule has 3 rings (SSSR count). The molecule has 0 spiro atoms. The van der Waals surface area contributed by atoms with Crippen LogP contribution in [0.3, 0.4) is 0 Å². The predicted octanol–water partition coefficient (Wildman–Crippen LogP) is 3.50. The summed E-state index contributed by atoms with van der Waals surface area (Å²) >= 11 is 0. The number of anilines is 1. The zero-order chi connectivity index (χ0) is 15.5. The van der Waals surface area contributed by atoms with Gasteiger partial charge < -0.3 is 14.5 Å². The van der Waals surface area contributed by atoms with Gasteiger partial charge in [0, 0.05) is 13.0 Å². The van der Waals surface area contributed by atoms with E-state index in [1.807, 2.05) is 24.3 Å². The van der Waals surface area contributed by atoms with Crippen LogP contribution in [0.15, 0.2) is 46.9 Å². The van der Waals surface area contributed by atoms with Gasteiger partial charge in [0.15, 0.2) is 12.2 Å². The molecule has 0 saturated heterocycles. The normalized spacial score (nSPS) is 10.6. The van der Waals surface area contributed by atoms with Crippen LogP contribution >= 0.6 is 0 Å². The SMILES string of the molecule is CC(=O)Nc1ccc(OCc2nc3ccccc3o2)cc1F. The summed E-state index contributed by atoms with van der Waals surface area (Å²) in [5.41, 5.74) is 1.53. The number of carbonyl (C=O) groups excluding carboxylic acids is 1. The summed E-state index contributed by atoms with van der Waals surface area (Å²) in [6.45, 7) is 1.41. The number of oxazole rings is 1. The molecule has 0 aliphatic rings. The number of aromatic nitrogens is 1. The van der Waals surface area contributed by atoms with Gasteiger partial charge in [-0.2, -0.15) is 0 Å². The van der Waals surface area contributed by atoms with Crippen molar-refractivity contribution in [1.29, 1.82) is 0 Å². The number of hydrogen-bond donors (Lipinski definition) is 1. The summed E-state index contributed by atoms with van der Waals surface area (Å²) in [5, 5.41) is 2.39. The average molecular weight is 300 g/mol. The second kappa shape index (κ2) is 5.85. The molecule has 1 N–H and O–H groups in total. The van der Waals surface area contributed by atoms with Crippen molar-refractivity contribution < 1.29 is 18.3 Å². The molecule has 0 radical (unpaired) electrons. The quantitative estimate of drug-likeness (QED) is 0.801. The summed E-state index contributed by atoms with van der Waals surface area (Å²) in [6, 6.07) is 11.6. The lowest BCUT2D eigenvalue weighted by Gasteiger charge is -2.07. The Morgan fingerprint density at radius 1 is 1.32 bits per heavy atom. The molecule has 0 aliphatic heterocycles. The van der Waals surface area contributed by atoms with Gasteiger partial charge in [-0.3, -0.25) is 4.79 Å².